The van der Waals surface area contributed by atoms with Gasteiger partial charge in [0.05, 0.1) is 5.56 Å². The van der Waals surface area contributed by atoms with Gasteiger partial charge < -0.3 is 0 Å². The van der Waals surface area contributed by atoms with E-state index >= 15 is 0 Å². The van der Waals surface area contributed by atoms with E-state index in [9.17, 15) is 4.39 Å². The minimum atomic E-state index is -0.502. The maximum Gasteiger partial charge on any atom is 0.142 e. The zero-order valence-electron chi connectivity index (χ0n) is 14.7. The second-order valence-electron chi connectivity index (χ2n) is 7.19. The van der Waals surface area contributed by atoms with Gasteiger partial charge in [-0.15, -0.1) is 0 Å². The first-order valence-electron chi connectivity index (χ1n) is 8.96. The van der Waals surface area contributed by atoms with Crippen LogP contribution in [-0.2, 0) is 0 Å². The van der Waals surface area contributed by atoms with Crippen molar-refractivity contribution in [3.8, 4) is 17.9 Å². The fraction of sp³-hybridized carbons (Fsp3) is 0.476. The average Bonchev–Trinajstić information content (AvgIpc) is 2.58. The van der Waals surface area contributed by atoms with Gasteiger partial charge in [0, 0.05) is 14.4 Å². The molecule has 0 atom stereocenters. The third-order valence-electron chi connectivity index (χ3n) is 4.80. The van der Waals surface area contributed by atoms with Gasteiger partial charge in [-0.25, -0.2) is 4.39 Å². The maximum atomic E-state index is 13.5. The summed E-state index contributed by atoms with van der Waals surface area (Å²) in [6, 6.07) is 10.8. The summed E-state index contributed by atoms with van der Waals surface area (Å²) in [5.74, 6) is 6.95. The van der Waals surface area contributed by atoms with Crippen molar-refractivity contribution in [1.29, 1.82) is 5.26 Å². The molecular weight excluding hydrogens is 313 g/mol. The first-order chi connectivity index (χ1) is 11.6. The normalized spacial score (nSPS) is 20.6. The van der Waals surface area contributed by atoms with Crippen LogP contribution in [0.3, 0.4) is 0 Å². The van der Waals surface area contributed by atoms with Crippen LogP contribution < -0.4 is 0 Å². The standard InChI is InChI=1S/C21H26FNSi/c1-17(2)9-12-24-13-10-18(11-14-24)5-3-4-6-19-7-8-20(16-23)21(22)15-19/h3,5,7-8,15,17-18,24H,9-14H2,1-2H3/b5-3+/t18-,24-. The molecule has 0 N–H and O–H groups in total. The Morgan fingerprint density at radius 3 is 2.71 bits per heavy atom. The molecule has 24 heavy (non-hydrogen) atoms. The molecule has 126 valence electrons. The quantitative estimate of drug-likeness (QED) is 0.540. The Morgan fingerprint density at radius 1 is 1.33 bits per heavy atom. The molecule has 1 heterocycles. The van der Waals surface area contributed by atoms with Crippen molar-refractivity contribution in [2.24, 2.45) is 11.8 Å². The molecule has 0 saturated carbocycles. The molecule has 1 aliphatic rings. The molecule has 0 bridgehead atoms. The lowest BCUT2D eigenvalue weighted by atomic mass is 10.0. The second-order valence-corrected chi connectivity index (χ2v) is 10.7. The predicted molar refractivity (Wildman–Crippen MR) is 101 cm³/mol. The van der Waals surface area contributed by atoms with Crippen molar-refractivity contribution in [2.75, 3.05) is 0 Å². The van der Waals surface area contributed by atoms with Gasteiger partial charge in [0.15, 0.2) is 0 Å². The Hall–Kier alpha value is -1.84. The topological polar surface area (TPSA) is 23.8 Å². The summed E-state index contributed by atoms with van der Waals surface area (Å²) in [6.45, 7) is 4.64. The fourth-order valence-corrected chi connectivity index (χ4v) is 7.03. The van der Waals surface area contributed by atoms with Crippen LogP contribution in [0.15, 0.2) is 30.4 Å². The summed E-state index contributed by atoms with van der Waals surface area (Å²) in [5, 5.41) is 8.71. The van der Waals surface area contributed by atoms with Gasteiger partial charge in [-0.3, -0.25) is 0 Å². The first kappa shape index (κ1) is 18.5. The van der Waals surface area contributed by atoms with E-state index < -0.39 is 14.6 Å². The SMILES string of the molecule is CC(C)CC[Si@H]1CC[C@H](/C=C/C#Cc2ccc(C#N)c(F)c2)CC1. The Balaban J connectivity index is 1.80. The number of benzene rings is 1. The molecule has 2 rings (SSSR count). The van der Waals surface area contributed by atoms with Crippen molar-refractivity contribution < 1.29 is 4.39 Å². The molecule has 1 aromatic carbocycles. The highest BCUT2D eigenvalue weighted by Crippen LogP contribution is 2.29. The largest absolute Gasteiger partial charge is 0.206 e. The van der Waals surface area contributed by atoms with Gasteiger partial charge in [-0.1, -0.05) is 56.3 Å². The number of rotatable bonds is 4. The monoisotopic (exact) mass is 339 g/mol. The van der Waals surface area contributed by atoms with E-state index in [4.69, 9.17) is 5.26 Å². The van der Waals surface area contributed by atoms with E-state index in [0.717, 1.165) is 5.92 Å². The summed E-state index contributed by atoms with van der Waals surface area (Å²) in [6.07, 6.45) is 8.18. The predicted octanol–water partition coefficient (Wildman–Crippen LogP) is 5.29. The number of hydrogen-bond acceptors (Lipinski definition) is 1. The van der Waals surface area contributed by atoms with Gasteiger partial charge in [0.2, 0.25) is 0 Å². The Morgan fingerprint density at radius 2 is 2.08 bits per heavy atom. The van der Waals surface area contributed by atoms with Crippen molar-refractivity contribution >= 4 is 8.80 Å². The van der Waals surface area contributed by atoms with Gasteiger partial charge >= 0.3 is 0 Å². The van der Waals surface area contributed by atoms with Gasteiger partial charge in [-0.2, -0.15) is 5.26 Å². The molecule has 1 aromatic rings. The van der Waals surface area contributed by atoms with E-state index in [2.05, 4.69) is 31.8 Å². The molecule has 0 aromatic heterocycles. The molecule has 0 amide bonds. The summed E-state index contributed by atoms with van der Waals surface area (Å²) in [4.78, 5) is 0. The van der Waals surface area contributed by atoms with Gasteiger partial charge in [0.1, 0.15) is 11.9 Å². The van der Waals surface area contributed by atoms with Gasteiger partial charge in [-0.05, 0) is 49.0 Å². The van der Waals surface area contributed by atoms with Gasteiger partial charge in [0.25, 0.3) is 0 Å². The van der Waals surface area contributed by atoms with Crippen LogP contribution in [0.5, 0.6) is 0 Å². The van der Waals surface area contributed by atoms with Crippen LogP contribution in [0.25, 0.3) is 0 Å². The van der Waals surface area contributed by atoms with E-state index in [1.165, 1.54) is 49.5 Å². The van der Waals surface area contributed by atoms with Crippen LogP contribution in [0.4, 0.5) is 4.39 Å². The van der Waals surface area contributed by atoms with Crippen molar-refractivity contribution in [3.63, 3.8) is 0 Å². The van der Waals surface area contributed by atoms with Crippen LogP contribution in [0, 0.1) is 40.8 Å². The van der Waals surface area contributed by atoms with Crippen molar-refractivity contribution in [1.82, 2.24) is 0 Å². The minimum absolute atomic E-state index is 0.0643. The third kappa shape index (κ3) is 5.98. The Labute approximate surface area is 147 Å². The molecule has 1 nitrogen and oxygen atoms in total. The first-order valence-corrected chi connectivity index (χ1v) is 11.4. The average molecular weight is 340 g/mol. The summed E-state index contributed by atoms with van der Waals surface area (Å²) >= 11 is 0. The molecule has 0 spiro atoms. The van der Waals surface area contributed by atoms with Crippen LogP contribution >= 0.6 is 0 Å². The number of nitrogens with zero attached hydrogens (tertiary/aromatic N) is 1. The second kappa shape index (κ2) is 9.45. The zero-order valence-corrected chi connectivity index (χ0v) is 15.8. The van der Waals surface area contributed by atoms with E-state index in [-0.39, 0.29) is 5.56 Å². The molecule has 1 fully saturated rings. The smallest absolute Gasteiger partial charge is 0.142 e. The Bertz CT molecular complexity index is 667. The number of halogens is 1. The lowest BCUT2D eigenvalue weighted by Crippen LogP contribution is -2.20. The molecule has 0 radical (unpaired) electrons. The lowest BCUT2D eigenvalue weighted by molar-refractivity contribution is 0.563. The zero-order chi connectivity index (χ0) is 17.4. The van der Waals surface area contributed by atoms with Crippen LogP contribution in [-0.4, -0.2) is 8.80 Å². The van der Waals surface area contributed by atoms with Crippen molar-refractivity contribution in [2.45, 2.75) is 51.2 Å². The molecule has 0 unspecified atom stereocenters. The summed E-state index contributed by atoms with van der Waals surface area (Å²) < 4.78 is 13.5. The molecule has 1 aliphatic heterocycles. The summed E-state index contributed by atoms with van der Waals surface area (Å²) in [5.41, 5.74) is 0.676. The number of nitriles is 1. The molecular formula is C21H26FNSi. The highest BCUT2D eigenvalue weighted by molar-refractivity contribution is 6.59. The molecule has 0 aliphatic carbocycles. The van der Waals surface area contributed by atoms with Crippen LogP contribution in [0.2, 0.25) is 18.1 Å². The van der Waals surface area contributed by atoms with Crippen molar-refractivity contribution in [3.05, 3.63) is 47.3 Å². The third-order valence-corrected chi connectivity index (χ3v) is 8.25. The molecule has 3 heteroatoms. The van der Waals surface area contributed by atoms with E-state index in [1.807, 2.05) is 12.1 Å². The number of hydrogen-bond donors (Lipinski definition) is 0. The summed E-state index contributed by atoms with van der Waals surface area (Å²) in [7, 11) is -0.463. The molecule has 1 saturated heterocycles. The van der Waals surface area contributed by atoms with Crippen LogP contribution in [0.1, 0.15) is 44.2 Å². The highest BCUT2D eigenvalue weighted by Gasteiger charge is 2.20. The Kier molecular flexibility index (Phi) is 7.28. The lowest BCUT2D eigenvalue weighted by Gasteiger charge is -2.26. The number of allylic oxidation sites excluding steroid dienone is 2. The maximum absolute atomic E-state index is 13.5. The van der Waals surface area contributed by atoms with E-state index in [1.54, 1.807) is 6.07 Å². The fourth-order valence-electron chi connectivity index (χ4n) is 3.23. The van der Waals surface area contributed by atoms with E-state index in [0.29, 0.717) is 11.5 Å². The minimum Gasteiger partial charge on any atom is -0.206 e. The highest BCUT2D eigenvalue weighted by atomic mass is 28.3.